The van der Waals surface area contributed by atoms with Crippen LogP contribution in [-0.2, 0) is 22.4 Å². The highest BCUT2D eigenvalue weighted by atomic mass is 16.6. The summed E-state index contributed by atoms with van der Waals surface area (Å²) in [5.41, 5.74) is 1.40. The molecule has 0 N–H and O–H groups in total. The first-order valence-electron chi connectivity index (χ1n) is 10.3. The number of unbranched alkanes of at least 4 members (excludes halogenated alkanes) is 6. The molecule has 1 unspecified atom stereocenters. The molecule has 0 aliphatic rings. The second-order valence-corrected chi connectivity index (χ2v) is 7.24. The van der Waals surface area contributed by atoms with E-state index >= 15 is 0 Å². The lowest BCUT2D eigenvalue weighted by Gasteiger charge is -2.11. The van der Waals surface area contributed by atoms with E-state index in [4.69, 9.17) is 13.9 Å². The van der Waals surface area contributed by atoms with Crippen LogP contribution in [-0.4, -0.2) is 19.2 Å². The van der Waals surface area contributed by atoms with Gasteiger partial charge in [-0.15, -0.1) is 0 Å². The Morgan fingerprint density at radius 1 is 1.07 bits per heavy atom. The molecule has 0 bridgehead atoms. The molecule has 0 spiro atoms. The molecule has 0 amide bonds. The topological polar surface area (TPSA) is 65.7 Å². The molecule has 1 aromatic heterocycles. The number of carbonyl (C=O) groups is 1. The van der Waals surface area contributed by atoms with Gasteiger partial charge >= 0.3 is 5.97 Å². The van der Waals surface area contributed by atoms with E-state index in [-0.39, 0.29) is 17.5 Å². The van der Waals surface area contributed by atoms with Crippen LogP contribution in [0.5, 0.6) is 5.95 Å². The van der Waals surface area contributed by atoms with Crippen molar-refractivity contribution in [2.45, 2.75) is 98.0 Å². The molecule has 0 fully saturated rings. The molecule has 0 saturated heterocycles. The number of esters is 1. The maximum atomic E-state index is 12.4. The third-order valence-electron chi connectivity index (χ3n) is 4.92. The van der Waals surface area contributed by atoms with E-state index in [2.05, 4.69) is 0 Å². The minimum Gasteiger partial charge on any atom is -0.468 e. The van der Waals surface area contributed by atoms with Gasteiger partial charge in [0.2, 0.25) is 0 Å². The predicted molar refractivity (Wildman–Crippen MR) is 108 cm³/mol. The van der Waals surface area contributed by atoms with Gasteiger partial charge < -0.3 is 13.9 Å². The zero-order chi connectivity index (χ0) is 20.2. The molecule has 5 nitrogen and oxygen atoms in total. The van der Waals surface area contributed by atoms with Gasteiger partial charge in [0.15, 0.2) is 5.43 Å². The van der Waals surface area contributed by atoms with E-state index in [0.717, 1.165) is 43.4 Å². The molecule has 1 atom stereocenters. The molecule has 0 aliphatic heterocycles. The van der Waals surface area contributed by atoms with E-state index in [0.29, 0.717) is 17.9 Å². The zero-order valence-corrected chi connectivity index (χ0v) is 17.7. The van der Waals surface area contributed by atoms with E-state index < -0.39 is 0 Å². The minimum absolute atomic E-state index is 0.0245. The van der Waals surface area contributed by atoms with Crippen LogP contribution in [0.25, 0.3) is 0 Å². The van der Waals surface area contributed by atoms with Crippen molar-refractivity contribution in [3.8, 4) is 5.95 Å². The molecular weight excluding hydrogens is 344 g/mol. The van der Waals surface area contributed by atoms with Crippen LogP contribution in [0.2, 0.25) is 0 Å². The third-order valence-corrected chi connectivity index (χ3v) is 4.92. The van der Waals surface area contributed by atoms with Gasteiger partial charge in [0.05, 0.1) is 18.8 Å². The van der Waals surface area contributed by atoms with Crippen molar-refractivity contribution < 1.29 is 18.7 Å². The molecule has 0 radical (unpaired) electrons. The van der Waals surface area contributed by atoms with E-state index in [1.54, 1.807) is 7.11 Å². The Balaban J connectivity index is 2.23. The number of carbonyl (C=O) groups excluding carboxylic acids is 1. The number of hydrogen-bond donors (Lipinski definition) is 0. The highest BCUT2D eigenvalue weighted by Crippen LogP contribution is 2.21. The van der Waals surface area contributed by atoms with Gasteiger partial charge in [0.25, 0.3) is 5.95 Å². The lowest BCUT2D eigenvalue weighted by Crippen LogP contribution is -2.15. The summed E-state index contributed by atoms with van der Waals surface area (Å²) in [4.78, 5) is 23.2. The largest absolute Gasteiger partial charge is 0.468 e. The van der Waals surface area contributed by atoms with Gasteiger partial charge in [-0.2, -0.15) is 0 Å². The molecule has 5 heteroatoms. The van der Waals surface area contributed by atoms with Crippen LogP contribution < -0.4 is 10.2 Å². The summed E-state index contributed by atoms with van der Waals surface area (Å²) >= 11 is 0. The predicted octanol–water partition coefficient (Wildman–Crippen LogP) is 5.13. The molecule has 0 aromatic carbocycles. The summed E-state index contributed by atoms with van der Waals surface area (Å²) in [5.74, 6) is 0.926. The van der Waals surface area contributed by atoms with Crippen molar-refractivity contribution >= 4 is 5.97 Å². The van der Waals surface area contributed by atoms with Crippen LogP contribution >= 0.6 is 0 Å². The molecule has 1 heterocycles. The zero-order valence-electron chi connectivity index (χ0n) is 17.7. The SMILES string of the molecule is CCc1c(OC)oc(CCCCCCCCCC(C)OC(C)=O)c(C)c1=O. The van der Waals surface area contributed by atoms with Gasteiger partial charge in [-0.1, -0.05) is 39.0 Å². The average Bonchev–Trinajstić information content (AvgIpc) is 2.62. The number of ether oxygens (including phenoxy) is 2. The Labute approximate surface area is 163 Å². The van der Waals surface area contributed by atoms with Gasteiger partial charge in [0, 0.05) is 18.9 Å². The molecule has 0 saturated carbocycles. The summed E-state index contributed by atoms with van der Waals surface area (Å²) in [6.45, 7) is 7.18. The van der Waals surface area contributed by atoms with Gasteiger partial charge in [-0.05, 0) is 39.5 Å². The summed E-state index contributed by atoms with van der Waals surface area (Å²) in [6.07, 6.45) is 10.4. The van der Waals surface area contributed by atoms with Crippen molar-refractivity contribution in [2.75, 3.05) is 7.11 Å². The maximum absolute atomic E-state index is 12.4. The number of hydrogen-bond acceptors (Lipinski definition) is 5. The second kappa shape index (κ2) is 12.6. The third kappa shape index (κ3) is 8.19. The first kappa shape index (κ1) is 23.3. The molecule has 154 valence electrons. The fourth-order valence-corrected chi connectivity index (χ4v) is 3.35. The molecule has 1 rings (SSSR count). The Morgan fingerprint density at radius 3 is 2.22 bits per heavy atom. The fourth-order valence-electron chi connectivity index (χ4n) is 3.35. The van der Waals surface area contributed by atoms with Crippen LogP contribution in [0.3, 0.4) is 0 Å². The van der Waals surface area contributed by atoms with Crippen LogP contribution in [0.4, 0.5) is 0 Å². The maximum Gasteiger partial charge on any atom is 0.302 e. The molecule has 0 aliphatic carbocycles. The van der Waals surface area contributed by atoms with Gasteiger partial charge in [-0.25, -0.2) is 0 Å². The smallest absolute Gasteiger partial charge is 0.302 e. The van der Waals surface area contributed by atoms with Crippen molar-refractivity contribution in [1.82, 2.24) is 0 Å². The Kier molecular flexibility index (Phi) is 10.8. The van der Waals surface area contributed by atoms with E-state index in [1.165, 1.54) is 32.6 Å². The Hall–Kier alpha value is -1.78. The lowest BCUT2D eigenvalue weighted by atomic mass is 10.0. The quantitative estimate of drug-likeness (QED) is 0.350. The first-order chi connectivity index (χ1) is 12.9. The van der Waals surface area contributed by atoms with Crippen molar-refractivity contribution in [3.05, 3.63) is 27.1 Å². The monoisotopic (exact) mass is 380 g/mol. The Bertz CT molecular complexity index is 632. The highest BCUT2D eigenvalue weighted by Gasteiger charge is 2.15. The normalized spacial score (nSPS) is 12.0. The van der Waals surface area contributed by atoms with Crippen molar-refractivity contribution in [2.24, 2.45) is 0 Å². The fraction of sp³-hybridized carbons (Fsp3) is 0.727. The van der Waals surface area contributed by atoms with Crippen LogP contribution in [0.1, 0.15) is 89.0 Å². The first-order valence-corrected chi connectivity index (χ1v) is 10.3. The van der Waals surface area contributed by atoms with E-state index in [1.807, 2.05) is 20.8 Å². The molecular formula is C22H36O5. The second-order valence-electron chi connectivity index (χ2n) is 7.24. The summed E-state index contributed by atoms with van der Waals surface area (Å²) in [7, 11) is 1.55. The summed E-state index contributed by atoms with van der Waals surface area (Å²) in [6, 6.07) is 0. The van der Waals surface area contributed by atoms with Crippen LogP contribution in [0, 0.1) is 6.92 Å². The average molecular weight is 381 g/mol. The van der Waals surface area contributed by atoms with Crippen molar-refractivity contribution in [3.63, 3.8) is 0 Å². The van der Waals surface area contributed by atoms with Crippen LogP contribution in [0.15, 0.2) is 9.21 Å². The standard InChI is InChI=1S/C22H36O5/c1-6-19-21(24)17(3)20(27-22(19)25-5)15-13-11-9-7-8-10-12-14-16(2)26-18(4)23/h16H,6-15H2,1-5H3. The van der Waals surface area contributed by atoms with Gasteiger partial charge in [-0.3, -0.25) is 9.59 Å². The van der Waals surface area contributed by atoms with Crippen molar-refractivity contribution in [1.29, 1.82) is 0 Å². The number of methoxy groups -OCH3 is 1. The molecule has 1 aromatic rings. The summed E-state index contributed by atoms with van der Waals surface area (Å²) in [5, 5.41) is 0. The summed E-state index contributed by atoms with van der Waals surface area (Å²) < 4.78 is 16.2. The van der Waals surface area contributed by atoms with Gasteiger partial charge in [0.1, 0.15) is 5.76 Å². The Morgan fingerprint density at radius 2 is 1.67 bits per heavy atom. The highest BCUT2D eigenvalue weighted by molar-refractivity contribution is 5.66. The molecule has 27 heavy (non-hydrogen) atoms. The number of rotatable bonds is 13. The lowest BCUT2D eigenvalue weighted by molar-refractivity contribution is -0.145. The minimum atomic E-state index is -0.199. The number of aryl methyl sites for hydroxylation is 1. The van der Waals surface area contributed by atoms with E-state index in [9.17, 15) is 9.59 Å².